The van der Waals surface area contributed by atoms with Gasteiger partial charge in [0.25, 0.3) is 0 Å². The van der Waals surface area contributed by atoms with Crippen molar-refractivity contribution >= 4 is 0 Å². The zero-order valence-corrected chi connectivity index (χ0v) is 10.3. The van der Waals surface area contributed by atoms with E-state index in [4.69, 9.17) is 5.73 Å². The fourth-order valence-electron chi connectivity index (χ4n) is 2.33. The van der Waals surface area contributed by atoms with Crippen LogP contribution in [0.2, 0.25) is 0 Å². The van der Waals surface area contributed by atoms with Gasteiger partial charge >= 0.3 is 0 Å². The fraction of sp³-hybridized carbons (Fsp3) is 0.571. The lowest BCUT2D eigenvalue weighted by Gasteiger charge is -2.41. The first kappa shape index (κ1) is 11.6. The van der Waals surface area contributed by atoms with E-state index in [0.717, 1.165) is 13.1 Å². The number of likely N-dealkylation sites (tertiary alicyclic amines) is 1. The number of nitrogens with zero attached hydrogens (tertiary/aromatic N) is 1. The molecule has 0 aromatic heterocycles. The van der Waals surface area contributed by atoms with E-state index in [1.807, 2.05) is 0 Å². The number of nitrogens with two attached hydrogens (primary N) is 1. The van der Waals surface area contributed by atoms with Crippen LogP contribution in [0.25, 0.3) is 0 Å². The van der Waals surface area contributed by atoms with Gasteiger partial charge in [-0.3, -0.25) is 4.90 Å². The average Bonchev–Trinajstić information content (AvgIpc) is 2.25. The van der Waals surface area contributed by atoms with Gasteiger partial charge in [0.15, 0.2) is 0 Å². The zero-order valence-electron chi connectivity index (χ0n) is 10.3. The summed E-state index contributed by atoms with van der Waals surface area (Å²) in [5.74, 6) is 0. The molecular weight excluding hydrogens is 196 g/mol. The van der Waals surface area contributed by atoms with Gasteiger partial charge in [0.1, 0.15) is 0 Å². The van der Waals surface area contributed by atoms with E-state index in [-0.39, 0.29) is 0 Å². The molecule has 1 heterocycles. The Morgan fingerprint density at radius 2 is 1.94 bits per heavy atom. The van der Waals surface area contributed by atoms with Crippen LogP contribution in [0.5, 0.6) is 0 Å². The lowest BCUT2D eigenvalue weighted by atomic mass is 9.99. The quantitative estimate of drug-likeness (QED) is 0.840. The highest BCUT2D eigenvalue weighted by Gasteiger charge is 2.27. The van der Waals surface area contributed by atoms with Crippen molar-refractivity contribution in [3.63, 3.8) is 0 Å². The number of hydrogen-bond acceptors (Lipinski definition) is 2. The molecule has 16 heavy (non-hydrogen) atoms. The van der Waals surface area contributed by atoms with Crippen molar-refractivity contribution in [2.45, 2.75) is 38.8 Å². The molecule has 2 nitrogen and oxygen atoms in total. The molecule has 88 valence electrons. The number of hydrogen-bond donors (Lipinski definition) is 1. The van der Waals surface area contributed by atoms with Gasteiger partial charge in [-0.1, -0.05) is 37.6 Å². The Bertz CT molecular complexity index is 325. The number of rotatable bonds is 4. The number of benzene rings is 1. The van der Waals surface area contributed by atoms with E-state index in [0.29, 0.717) is 12.1 Å². The van der Waals surface area contributed by atoms with E-state index in [2.05, 4.69) is 43.0 Å². The lowest BCUT2D eigenvalue weighted by molar-refractivity contribution is 0.103. The Labute approximate surface area is 98.4 Å². The molecule has 2 N–H and O–H groups in total. The normalized spacial score (nSPS) is 19.4. The monoisotopic (exact) mass is 218 g/mol. The van der Waals surface area contributed by atoms with Crippen LogP contribution in [0.1, 0.15) is 37.4 Å². The first-order valence-corrected chi connectivity index (χ1v) is 6.29. The summed E-state index contributed by atoms with van der Waals surface area (Å²) in [5, 5.41) is 0. The van der Waals surface area contributed by atoms with Gasteiger partial charge in [0.2, 0.25) is 0 Å². The highest BCUT2D eigenvalue weighted by atomic mass is 15.2. The average molecular weight is 218 g/mol. The van der Waals surface area contributed by atoms with Gasteiger partial charge in [0, 0.05) is 25.2 Å². The Kier molecular flexibility index (Phi) is 3.62. The molecule has 0 saturated carbocycles. The van der Waals surface area contributed by atoms with Crippen molar-refractivity contribution in [2.75, 3.05) is 13.1 Å². The maximum atomic E-state index is 5.81. The first-order chi connectivity index (χ1) is 7.70. The molecule has 1 atom stereocenters. The molecule has 1 fully saturated rings. The van der Waals surface area contributed by atoms with Crippen molar-refractivity contribution in [1.29, 1.82) is 0 Å². The molecule has 0 radical (unpaired) electrons. The predicted octanol–water partition coefficient (Wildman–Crippen LogP) is 2.34. The van der Waals surface area contributed by atoms with Crippen LogP contribution in [-0.4, -0.2) is 24.0 Å². The standard InChI is InChI=1S/C14H22N2/c1-3-4-12-5-7-13(8-6-12)11(2)16-9-14(15)10-16/h5-8,11,14H,3-4,9-10,15H2,1-2H3. The first-order valence-electron chi connectivity index (χ1n) is 6.29. The van der Waals surface area contributed by atoms with Crippen LogP contribution in [0.3, 0.4) is 0 Å². The maximum absolute atomic E-state index is 5.81. The second-order valence-electron chi connectivity index (χ2n) is 4.88. The van der Waals surface area contributed by atoms with E-state index in [1.165, 1.54) is 24.0 Å². The van der Waals surface area contributed by atoms with E-state index < -0.39 is 0 Å². The van der Waals surface area contributed by atoms with Crippen LogP contribution in [0.15, 0.2) is 24.3 Å². The summed E-state index contributed by atoms with van der Waals surface area (Å²) < 4.78 is 0. The SMILES string of the molecule is CCCc1ccc(C(C)N2CC(N)C2)cc1. The van der Waals surface area contributed by atoms with Crippen molar-refractivity contribution in [2.24, 2.45) is 5.73 Å². The van der Waals surface area contributed by atoms with Crippen LogP contribution in [0, 0.1) is 0 Å². The third-order valence-corrected chi connectivity index (χ3v) is 3.49. The molecule has 1 aliphatic rings. The Morgan fingerprint density at radius 3 is 2.44 bits per heavy atom. The van der Waals surface area contributed by atoms with Crippen molar-refractivity contribution in [3.05, 3.63) is 35.4 Å². The van der Waals surface area contributed by atoms with Crippen LogP contribution in [-0.2, 0) is 6.42 Å². The molecule has 1 aromatic carbocycles. The minimum atomic E-state index is 0.391. The second kappa shape index (κ2) is 4.98. The largest absolute Gasteiger partial charge is 0.325 e. The molecule has 2 heteroatoms. The summed E-state index contributed by atoms with van der Waals surface area (Å²) in [7, 11) is 0. The Hall–Kier alpha value is -0.860. The van der Waals surface area contributed by atoms with Crippen molar-refractivity contribution in [3.8, 4) is 0 Å². The smallest absolute Gasteiger partial charge is 0.0321 e. The van der Waals surface area contributed by atoms with Gasteiger partial charge < -0.3 is 5.73 Å². The van der Waals surface area contributed by atoms with Crippen LogP contribution < -0.4 is 5.73 Å². The summed E-state index contributed by atoms with van der Waals surface area (Å²) in [6.45, 7) is 6.56. The molecule has 0 spiro atoms. The summed E-state index contributed by atoms with van der Waals surface area (Å²) in [5.41, 5.74) is 8.66. The van der Waals surface area contributed by atoms with Gasteiger partial charge in [-0.2, -0.15) is 0 Å². The van der Waals surface area contributed by atoms with Crippen LogP contribution >= 0.6 is 0 Å². The summed E-state index contributed by atoms with van der Waals surface area (Å²) in [6.07, 6.45) is 2.40. The molecule has 1 unspecified atom stereocenters. The highest BCUT2D eigenvalue weighted by Crippen LogP contribution is 2.24. The van der Waals surface area contributed by atoms with Gasteiger partial charge in [0.05, 0.1) is 0 Å². The van der Waals surface area contributed by atoms with Crippen molar-refractivity contribution in [1.82, 2.24) is 4.90 Å². The van der Waals surface area contributed by atoms with Gasteiger partial charge in [-0.05, 0) is 24.5 Å². The van der Waals surface area contributed by atoms with E-state index in [1.54, 1.807) is 0 Å². The molecule has 1 saturated heterocycles. The predicted molar refractivity (Wildman–Crippen MR) is 68.4 cm³/mol. The molecule has 1 aliphatic heterocycles. The van der Waals surface area contributed by atoms with E-state index in [9.17, 15) is 0 Å². The third kappa shape index (κ3) is 2.45. The van der Waals surface area contributed by atoms with E-state index >= 15 is 0 Å². The molecule has 1 aromatic rings. The second-order valence-corrected chi connectivity index (χ2v) is 4.88. The summed E-state index contributed by atoms with van der Waals surface area (Å²) in [4.78, 5) is 2.43. The fourth-order valence-corrected chi connectivity index (χ4v) is 2.33. The molecule has 0 amide bonds. The third-order valence-electron chi connectivity index (χ3n) is 3.49. The Balaban J connectivity index is 1.98. The molecule has 2 rings (SSSR count). The van der Waals surface area contributed by atoms with Crippen LogP contribution in [0.4, 0.5) is 0 Å². The molecule has 0 bridgehead atoms. The maximum Gasteiger partial charge on any atom is 0.0321 e. The lowest BCUT2D eigenvalue weighted by Crippen LogP contribution is -2.56. The topological polar surface area (TPSA) is 29.3 Å². The van der Waals surface area contributed by atoms with Crippen molar-refractivity contribution < 1.29 is 0 Å². The highest BCUT2D eigenvalue weighted by molar-refractivity contribution is 5.25. The zero-order chi connectivity index (χ0) is 11.5. The van der Waals surface area contributed by atoms with Gasteiger partial charge in [-0.25, -0.2) is 0 Å². The minimum absolute atomic E-state index is 0.391. The summed E-state index contributed by atoms with van der Waals surface area (Å²) in [6, 6.07) is 9.95. The summed E-state index contributed by atoms with van der Waals surface area (Å²) >= 11 is 0. The molecule has 0 aliphatic carbocycles. The minimum Gasteiger partial charge on any atom is -0.325 e. The number of aryl methyl sites for hydroxylation is 1. The van der Waals surface area contributed by atoms with Gasteiger partial charge in [-0.15, -0.1) is 0 Å². The Morgan fingerprint density at radius 1 is 1.31 bits per heavy atom. The molecular formula is C14H22N2.